The fourth-order valence-electron chi connectivity index (χ4n) is 5.15. The van der Waals surface area contributed by atoms with Gasteiger partial charge in [-0.05, 0) is 44.5 Å². The van der Waals surface area contributed by atoms with Crippen LogP contribution in [-0.4, -0.2) is 9.13 Å². The van der Waals surface area contributed by atoms with Crippen LogP contribution in [0, 0.1) is 0 Å². The molecule has 152 valence electrons. The van der Waals surface area contributed by atoms with E-state index in [1.54, 1.807) is 0 Å². The Bertz CT molecular complexity index is 1540. The van der Waals surface area contributed by atoms with Crippen LogP contribution in [0.4, 0.5) is 0 Å². The van der Waals surface area contributed by atoms with Crippen molar-refractivity contribution in [2.75, 3.05) is 0 Å². The fourth-order valence-corrected chi connectivity index (χ4v) is 5.15. The van der Waals surface area contributed by atoms with E-state index < -0.39 is 0 Å². The Morgan fingerprint density at radius 2 is 1.06 bits per heavy atom. The number of hydrogen-bond donors (Lipinski definition) is 0. The van der Waals surface area contributed by atoms with Crippen LogP contribution in [0.3, 0.4) is 0 Å². The standard InChI is InChI=1S/C29H26N2/c1-4-29(2,3)31-26-18-10-7-14-22(26)23-15-11-19-27(28(23)31)30-24-16-8-5-12-20(24)21-13-6-9-17-25(21)30/h5-19H,4H2,1-3H3. The van der Waals surface area contributed by atoms with E-state index in [0.29, 0.717) is 0 Å². The maximum absolute atomic E-state index is 2.57. The van der Waals surface area contributed by atoms with Gasteiger partial charge in [-0.1, -0.05) is 73.7 Å². The maximum Gasteiger partial charge on any atom is 0.0741 e. The lowest BCUT2D eigenvalue weighted by Gasteiger charge is -2.29. The van der Waals surface area contributed by atoms with Gasteiger partial charge in [0.2, 0.25) is 0 Å². The van der Waals surface area contributed by atoms with E-state index >= 15 is 0 Å². The molecule has 2 nitrogen and oxygen atoms in total. The van der Waals surface area contributed by atoms with Crippen molar-refractivity contribution in [3.05, 3.63) is 91.0 Å². The molecule has 0 radical (unpaired) electrons. The van der Waals surface area contributed by atoms with Gasteiger partial charge in [0.25, 0.3) is 0 Å². The third-order valence-corrected chi connectivity index (χ3v) is 6.96. The summed E-state index contributed by atoms with van der Waals surface area (Å²) in [5.41, 5.74) is 6.35. The Hall–Kier alpha value is -3.52. The van der Waals surface area contributed by atoms with E-state index in [9.17, 15) is 0 Å². The van der Waals surface area contributed by atoms with Crippen molar-refractivity contribution >= 4 is 43.6 Å². The molecule has 2 heterocycles. The molecule has 0 bridgehead atoms. The summed E-state index contributed by atoms with van der Waals surface area (Å²) in [5.74, 6) is 0. The molecule has 0 aliphatic heterocycles. The Morgan fingerprint density at radius 3 is 1.65 bits per heavy atom. The second kappa shape index (κ2) is 6.49. The summed E-state index contributed by atoms with van der Waals surface area (Å²) in [5, 5.41) is 5.23. The second-order valence-corrected chi connectivity index (χ2v) is 9.06. The van der Waals surface area contributed by atoms with E-state index in [4.69, 9.17) is 0 Å². The fraction of sp³-hybridized carbons (Fsp3) is 0.172. The van der Waals surface area contributed by atoms with Crippen LogP contribution >= 0.6 is 0 Å². The molecular formula is C29H26N2. The topological polar surface area (TPSA) is 9.86 Å². The second-order valence-electron chi connectivity index (χ2n) is 9.06. The summed E-state index contributed by atoms with van der Waals surface area (Å²) in [6.45, 7) is 6.98. The zero-order chi connectivity index (χ0) is 21.2. The maximum atomic E-state index is 2.57. The molecule has 0 atom stereocenters. The average molecular weight is 403 g/mol. The molecule has 6 rings (SSSR count). The van der Waals surface area contributed by atoms with Crippen molar-refractivity contribution in [1.29, 1.82) is 0 Å². The van der Waals surface area contributed by atoms with Gasteiger partial charge in [0.1, 0.15) is 0 Å². The summed E-state index contributed by atoms with van der Waals surface area (Å²) in [6.07, 6.45) is 1.06. The smallest absolute Gasteiger partial charge is 0.0741 e. The predicted molar refractivity (Wildman–Crippen MR) is 133 cm³/mol. The van der Waals surface area contributed by atoms with Crippen molar-refractivity contribution in [2.45, 2.75) is 32.7 Å². The van der Waals surface area contributed by atoms with Gasteiger partial charge in [-0.25, -0.2) is 0 Å². The molecule has 2 heteroatoms. The van der Waals surface area contributed by atoms with Gasteiger partial charge < -0.3 is 9.13 Å². The highest BCUT2D eigenvalue weighted by Crippen LogP contribution is 2.40. The number of nitrogens with zero attached hydrogens (tertiary/aromatic N) is 2. The van der Waals surface area contributed by atoms with Gasteiger partial charge in [-0.3, -0.25) is 0 Å². The molecule has 0 amide bonds. The number of para-hydroxylation sites is 4. The zero-order valence-corrected chi connectivity index (χ0v) is 18.3. The van der Waals surface area contributed by atoms with Gasteiger partial charge >= 0.3 is 0 Å². The largest absolute Gasteiger partial charge is 0.333 e. The van der Waals surface area contributed by atoms with E-state index in [1.165, 1.54) is 49.3 Å². The Kier molecular flexibility index (Phi) is 3.82. The van der Waals surface area contributed by atoms with Crippen LogP contribution in [0.5, 0.6) is 0 Å². The van der Waals surface area contributed by atoms with Crippen LogP contribution in [-0.2, 0) is 5.54 Å². The lowest BCUT2D eigenvalue weighted by Crippen LogP contribution is -2.25. The first-order valence-electron chi connectivity index (χ1n) is 11.1. The third kappa shape index (κ3) is 2.45. The van der Waals surface area contributed by atoms with Crippen LogP contribution in [0.25, 0.3) is 49.3 Å². The summed E-state index contributed by atoms with van der Waals surface area (Å²) in [4.78, 5) is 0. The third-order valence-electron chi connectivity index (χ3n) is 6.96. The van der Waals surface area contributed by atoms with E-state index in [0.717, 1.165) is 6.42 Å². The minimum atomic E-state index is -0.00375. The molecule has 0 N–H and O–H groups in total. The van der Waals surface area contributed by atoms with Gasteiger partial charge in [0.15, 0.2) is 0 Å². The van der Waals surface area contributed by atoms with Crippen LogP contribution in [0.2, 0.25) is 0 Å². The monoisotopic (exact) mass is 402 g/mol. The van der Waals surface area contributed by atoms with Crippen molar-refractivity contribution in [1.82, 2.24) is 9.13 Å². The molecule has 0 saturated carbocycles. The summed E-state index contributed by atoms with van der Waals surface area (Å²) < 4.78 is 5.02. The van der Waals surface area contributed by atoms with Gasteiger partial charge in [0, 0.05) is 32.6 Å². The highest BCUT2D eigenvalue weighted by atomic mass is 15.1. The molecule has 6 aromatic rings. The molecule has 0 spiro atoms. The number of hydrogen-bond acceptors (Lipinski definition) is 0. The molecule has 2 aromatic heterocycles. The highest BCUT2D eigenvalue weighted by molar-refractivity contribution is 6.14. The van der Waals surface area contributed by atoms with Crippen molar-refractivity contribution in [2.24, 2.45) is 0 Å². The van der Waals surface area contributed by atoms with Gasteiger partial charge in [-0.15, -0.1) is 0 Å². The number of rotatable bonds is 3. The first-order chi connectivity index (χ1) is 15.1. The molecule has 0 aliphatic carbocycles. The van der Waals surface area contributed by atoms with Crippen LogP contribution in [0.15, 0.2) is 91.0 Å². The lowest BCUT2D eigenvalue weighted by atomic mass is 10.0. The SMILES string of the molecule is CCC(C)(C)n1c2ccccc2c2cccc(-n3c4ccccc4c4ccccc43)c21. The summed E-state index contributed by atoms with van der Waals surface area (Å²) in [7, 11) is 0. The molecule has 31 heavy (non-hydrogen) atoms. The first-order valence-corrected chi connectivity index (χ1v) is 11.1. The quantitative estimate of drug-likeness (QED) is 0.283. The molecule has 0 unspecified atom stereocenters. The Morgan fingerprint density at radius 1 is 0.581 bits per heavy atom. The number of benzene rings is 4. The number of fused-ring (bicyclic) bond motifs is 6. The molecule has 4 aromatic carbocycles. The van der Waals surface area contributed by atoms with Crippen molar-refractivity contribution in [3.63, 3.8) is 0 Å². The minimum absolute atomic E-state index is 0.00375. The summed E-state index contributed by atoms with van der Waals surface area (Å²) in [6, 6.07) is 33.1. The van der Waals surface area contributed by atoms with Crippen LogP contribution in [0.1, 0.15) is 27.2 Å². The summed E-state index contributed by atoms with van der Waals surface area (Å²) >= 11 is 0. The minimum Gasteiger partial charge on any atom is -0.333 e. The van der Waals surface area contributed by atoms with E-state index in [1.807, 2.05) is 0 Å². The lowest BCUT2D eigenvalue weighted by molar-refractivity contribution is 0.364. The molecule has 0 aliphatic rings. The van der Waals surface area contributed by atoms with E-state index in [2.05, 4.69) is 121 Å². The average Bonchev–Trinajstić information content (AvgIpc) is 3.33. The van der Waals surface area contributed by atoms with E-state index in [-0.39, 0.29) is 5.54 Å². The predicted octanol–water partition coefficient (Wildman–Crippen LogP) is 8.04. The van der Waals surface area contributed by atoms with Crippen molar-refractivity contribution < 1.29 is 0 Å². The van der Waals surface area contributed by atoms with Crippen molar-refractivity contribution in [3.8, 4) is 5.69 Å². The normalized spacial score (nSPS) is 12.5. The number of aromatic nitrogens is 2. The highest BCUT2D eigenvalue weighted by Gasteiger charge is 2.26. The first kappa shape index (κ1) is 18.3. The van der Waals surface area contributed by atoms with Gasteiger partial charge in [-0.2, -0.15) is 0 Å². The molecular weight excluding hydrogens is 376 g/mol. The Balaban J connectivity index is 1.87. The Labute approximate surface area is 182 Å². The van der Waals surface area contributed by atoms with Gasteiger partial charge in [0.05, 0.1) is 22.2 Å². The molecule has 0 fully saturated rings. The van der Waals surface area contributed by atoms with Crippen LogP contribution < -0.4 is 0 Å². The molecule has 0 saturated heterocycles. The zero-order valence-electron chi connectivity index (χ0n) is 18.3.